The predicted molar refractivity (Wildman–Crippen MR) is 426 cm³/mol. The number of carboxylic acids is 2. The third-order valence-corrected chi connectivity index (χ3v) is 19.1. The molecule has 0 saturated carbocycles. The van der Waals surface area contributed by atoms with Gasteiger partial charge in [-0.3, -0.25) is 33.6 Å². The number of nitrogens with two attached hydrogens (primary N) is 1. The molecule has 0 radical (unpaired) electrons. The molecule has 0 spiro atoms. The van der Waals surface area contributed by atoms with Gasteiger partial charge in [0.25, 0.3) is 0 Å². The topological polar surface area (TPSA) is 370 Å². The van der Waals surface area contributed by atoms with Gasteiger partial charge < -0.3 is 62.7 Å². The van der Waals surface area contributed by atoms with Crippen LogP contribution in [0.1, 0.15) is 171 Å². The van der Waals surface area contributed by atoms with Gasteiger partial charge in [0, 0.05) is 74.1 Å². The molecule has 0 bridgehead atoms. The Bertz CT molecular complexity index is 4180. The molecular weight excluding hydrogens is 1530 g/mol. The molecule has 0 aromatic heterocycles. The number of aryl methyl sites for hydroxylation is 4. The van der Waals surface area contributed by atoms with Crippen molar-refractivity contribution in [2.45, 2.75) is 175 Å². The van der Waals surface area contributed by atoms with Crippen LogP contribution in [0, 0.1) is 0 Å². The average Bonchev–Trinajstić information content (AvgIpc) is 0.865. The Labute approximate surface area is 677 Å². The zero-order valence-corrected chi connectivity index (χ0v) is 67.6. The van der Waals surface area contributed by atoms with Crippen LogP contribution in [0.2, 0.25) is 0 Å². The summed E-state index contributed by atoms with van der Waals surface area (Å²) in [7, 11) is -1.46. The van der Waals surface area contributed by atoms with Crippen LogP contribution in [-0.4, -0.2) is 95.2 Å². The summed E-state index contributed by atoms with van der Waals surface area (Å²) in [4.78, 5) is 92.5. The maximum atomic E-state index is 12.4. The Morgan fingerprint density at radius 3 is 1.01 bits per heavy atom. The number of benzene rings is 7. The number of aliphatic carboxylic acids is 2. The quantitative estimate of drug-likeness (QED) is 0.0281. The van der Waals surface area contributed by atoms with Crippen molar-refractivity contribution in [2.75, 3.05) is 0 Å². The number of phenols is 3. The van der Waals surface area contributed by atoms with E-state index in [-0.39, 0.29) is 93.8 Å². The molecule has 4 aliphatic carbocycles. The predicted octanol–water partition coefficient (Wildman–Crippen LogP) is 12.2. The molecule has 0 atom stereocenters. The first kappa shape index (κ1) is 92.3. The van der Waals surface area contributed by atoms with Crippen LogP contribution >= 0.6 is 31.9 Å². The number of allylic oxidation sites excluding steroid dienone is 7. The Balaban J connectivity index is 0.000000287. The van der Waals surface area contributed by atoms with Gasteiger partial charge in [-0.2, -0.15) is 0 Å². The fourth-order valence-corrected chi connectivity index (χ4v) is 13.2. The van der Waals surface area contributed by atoms with E-state index in [1.54, 1.807) is 45.0 Å². The number of nitrogens with one attached hydrogen (secondary N) is 3. The number of phenolic OH excluding ortho intramolecular Hbond substituents is 3. The van der Waals surface area contributed by atoms with Gasteiger partial charge in [-0.05, 0) is 260 Å². The van der Waals surface area contributed by atoms with Crippen molar-refractivity contribution in [1.29, 1.82) is 0 Å². The van der Waals surface area contributed by atoms with Crippen molar-refractivity contribution in [1.82, 2.24) is 16.0 Å². The van der Waals surface area contributed by atoms with E-state index in [1.807, 2.05) is 115 Å². The van der Waals surface area contributed by atoms with E-state index in [0.29, 0.717) is 74.5 Å². The van der Waals surface area contributed by atoms with Crippen LogP contribution in [0.15, 0.2) is 224 Å². The molecule has 0 fully saturated rings. The van der Waals surface area contributed by atoms with E-state index in [2.05, 4.69) is 53.9 Å². The van der Waals surface area contributed by atoms with Gasteiger partial charge in [-0.15, -0.1) is 0 Å². The molecule has 0 heterocycles. The SMILES string of the molecule is CC(=O)C1=C(N)CCCC1.CC(=O)C1=C(NC(=O)CCc2cccc(-c3ccc(O)cc3)c2)CCCC1.CC(=O)C1=C(NC(=O)CCc2cccc(Br)c2)CCCC1.O=C(CCc1cccc(-c2ccc(O)cc2)c1)NC1=C(C(=O)O)CCCC1.O=C(O)CCc1cccc(Br)c1.OB(O)c1ccc(O)cc1.[Na+].[OH-]. The van der Waals surface area contributed by atoms with Crippen LogP contribution in [0.4, 0.5) is 0 Å². The van der Waals surface area contributed by atoms with Gasteiger partial charge in [0.2, 0.25) is 17.7 Å². The molecule has 24 heteroatoms. The minimum atomic E-state index is -1.46. The molecule has 109 heavy (non-hydrogen) atoms. The molecule has 20 nitrogen and oxygen atoms in total. The molecule has 0 saturated heterocycles. The zero-order valence-electron chi connectivity index (χ0n) is 62.4. The standard InChI is InChI=1S/C23H25NO3.C22H23NO4.C17H20BrNO2.C9H9BrO2.C8H13NO.C6H7BO3.Na.H2O/c1-16(25)21-7-2-3-8-22(21)24-23(27)14-9-17-5-4-6-19(15-17)18-10-12-20(26)13-11-18;24-18-11-9-16(10-12-18)17-5-3-4-15(14-17)8-13-21(25)23-20-7-2-1-6-19(20)22(26)27;1-12(20)15-7-2-3-8-16(15)19-17(21)10-9-13-5-4-6-14(18)11-13;10-8-3-1-2-7(6-8)4-5-9(11)12;1-6(10)7-4-2-3-5-8(7)9;8-6-3-1-5(2-4-6)7(9)10;;/h4-6,10-13,15,26H,2-3,7-9,14H2,1H3,(H,24,27);3-5,9-12,14,24H,1-2,6-8,13H2,(H,23,25)(H,26,27);4-6,11H,2-3,7-10H2,1H3,(H,19,21);1-3,6H,4-5H2,(H,11,12);2-5,9H2,1H3;1-4,8-10H;;1H2/q;;;;;;+1;/p-1. The van der Waals surface area contributed by atoms with Crippen molar-refractivity contribution < 1.29 is 109 Å². The number of ketones is 3. The zero-order chi connectivity index (χ0) is 77.8. The second-order valence-corrected chi connectivity index (χ2v) is 28.3. The molecule has 13 N–H and O–H groups in total. The van der Waals surface area contributed by atoms with E-state index in [1.165, 1.54) is 24.3 Å². The van der Waals surface area contributed by atoms with Crippen LogP contribution in [-0.2, 0) is 64.0 Å². The number of amides is 3. The van der Waals surface area contributed by atoms with E-state index < -0.39 is 19.1 Å². The number of hydrogen-bond donors (Lipinski definition) is 11. The van der Waals surface area contributed by atoms with E-state index in [0.717, 1.165) is 177 Å². The summed E-state index contributed by atoms with van der Waals surface area (Å²) in [5.74, 6) is -1.02. The Hall–Kier alpha value is -9.04. The largest absolute Gasteiger partial charge is 1.00 e. The normalized spacial score (nSPS) is 13.6. The summed E-state index contributed by atoms with van der Waals surface area (Å²) in [6.07, 6.45) is 18.0. The third kappa shape index (κ3) is 34.2. The fourth-order valence-electron chi connectivity index (χ4n) is 12.3. The number of halogens is 2. The maximum Gasteiger partial charge on any atom is 1.00 e. The summed E-state index contributed by atoms with van der Waals surface area (Å²) >= 11 is 6.75. The number of carbonyl (C=O) groups is 8. The van der Waals surface area contributed by atoms with Crippen molar-refractivity contribution in [3.05, 3.63) is 246 Å². The average molecular weight is 1630 g/mol. The van der Waals surface area contributed by atoms with Gasteiger partial charge in [0.05, 0.1) is 5.57 Å². The summed E-state index contributed by atoms with van der Waals surface area (Å²) in [5.41, 5.74) is 20.2. The van der Waals surface area contributed by atoms with E-state index >= 15 is 0 Å². The summed E-state index contributed by atoms with van der Waals surface area (Å²) in [5, 5.41) is 71.2. The van der Waals surface area contributed by atoms with Gasteiger partial charge in [0.15, 0.2) is 17.3 Å². The number of aromatic hydroxyl groups is 3. The molecule has 7 aromatic carbocycles. The summed E-state index contributed by atoms with van der Waals surface area (Å²) < 4.78 is 2.01. The van der Waals surface area contributed by atoms with Crippen LogP contribution < -0.4 is 56.7 Å². The van der Waals surface area contributed by atoms with Crippen molar-refractivity contribution >= 4 is 91.5 Å². The molecule has 0 unspecified atom stereocenters. The van der Waals surface area contributed by atoms with Gasteiger partial charge in [0.1, 0.15) is 17.2 Å². The number of carbonyl (C=O) groups excluding carboxylic acids is 6. The van der Waals surface area contributed by atoms with Crippen molar-refractivity contribution in [3.63, 3.8) is 0 Å². The molecule has 7 aromatic rings. The van der Waals surface area contributed by atoms with E-state index in [4.69, 9.17) is 26.0 Å². The van der Waals surface area contributed by atoms with Crippen LogP contribution in [0.5, 0.6) is 17.2 Å². The Kier molecular flexibility index (Phi) is 41.7. The van der Waals surface area contributed by atoms with E-state index in [9.17, 15) is 53.7 Å². The van der Waals surface area contributed by atoms with Gasteiger partial charge in [-0.1, -0.05) is 141 Å². The number of hydrogen-bond acceptors (Lipinski definition) is 15. The van der Waals surface area contributed by atoms with Crippen molar-refractivity contribution in [2.24, 2.45) is 5.73 Å². The first-order valence-corrected chi connectivity index (χ1v) is 37.7. The fraction of sp³-hybridized carbons (Fsp3) is 0.318. The minimum absolute atomic E-state index is 0. The van der Waals surface area contributed by atoms with Gasteiger partial charge in [-0.25, -0.2) is 4.79 Å². The third-order valence-electron chi connectivity index (χ3n) is 18.1. The smallest absolute Gasteiger partial charge is 0.870 e. The number of Topliss-reactive ketones (excluding diaryl/α,β-unsaturated/α-hetero) is 3. The second kappa shape index (κ2) is 49.2. The Morgan fingerprint density at radius 1 is 0.385 bits per heavy atom. The van der Waals surface area contributed by atoms with Crippen LogP contribution in [0.3, 0.4) is 0 Å². The maximum absolute atomic E-state index is 12.4. The molecule has 0 aliphatic heterocycles. The molecule has 3 amide bonds. The molecule has 4 aliphatic rings. The summed E-state index contributed by atoms with van der Waals surface area (Å²) in [6.45, 7) is 4.74. The van der Waals surface area contributed by atoms with Crippen molar-refractivity contribution in [3.8, 4) is 39.5 Å². The Morgan fingerprint density at radius 2 is 0.688 bits per heavy atom. The molecule has 572 valence electrons. The first-order valence-electron chi connectivity index (χ1n) is 36.1. The van der Waals surface area contributed by atoms with Gasteiger partial charge >= 0.3 is 48.6 Å². The second-order valence-electron chi connectivity index (χ2n) is 26.4. The van der Waals surface area contributed by atoms with Crippen LogP contribution in [0.25, 0.3) is 22.3 Å². The molecular formula is C85H98BBr2N4NaO16. The number of carboxylic acid groups (broad SMARTS) is 2. The molecule has 11 rings (SSSR count). The number of rotatable bonds is 22. The first-order chi connectivity index (χ1) is 51.2. The monoisotopic (exact) mass is 1620 g/mol. The summed E-state index contributed by atoms with van der Waals surface area (Å²) in [6, 6.07) is 51.4. The minimum Gasteiger partial charge on any atom is -0.870 e.